The highest BCUT2D eigenvalue weighted by molar-refractivity contribution is 5.94. The van der Waals surface area contributed by atoms with Gasteiger partial charge in [-0.3, -0.25) is 9.59 Å². The summed E-state index contributed by atoms with van der Waals surface area (Å²) in [6.07, 6.45) is -0.135. The summed E-state index contributed by atoms with van der Waals surface area (Å²) in [5.74, 6) is -0.535. The average molecular weight is 350 g/mol. The Morgan fingerprint density at radius 3 is 2.12 bits per heavy atom. The standard InChI is InChI=1S/C19H27FN2O3/c1-13(2)25-16-7-6-14(12-15(16)20)17(23)21-8-10-22(11-9-21)18(24)19(3,4)5/h6-7,12-13H,8-11H2,1-5H3. The second-order valence-electron chi connectivity index (χ2n) is 7.65. The van der Waals surface area contributed by atoms with Gasteiger partial charge in [0.15, 0.2) is 11.6 Å². The van der Waals surface area contributed by atoms with Crippen LogP contribution in [0.25, 0.3) is 0 Å². The molecule has 0 spiro atoms. The van der Waals surface area contributed by atoms with Crippen molar-refractivity contribution in [3.63, 3.8) is 0 Å². The van der Waals surface area contributed by atoms with Gasteiger partial charge in [-0.2, -0.15) is 0 Å². The van der Waals surface area contributed by atoms with Crippen molar-refractivity contribution < 1.29 is 18.7 Å². The van der Waals surface area contributed by atoms with E-state index in [1.54, 1.807) is 15.9 Å². The fourth-order valence-electron chi connectivity index (χ4n) is 2.75. The third-order valence-corrected chi connectivity index (χ3v) is 4.04. The van der Waals surface area contributed by atoms with Gasteiger partial charge in [0.05, 0.1) is 6.10 Å². The molecule has 1 heterocycles. The zero-order chi connectivity index (χ0) is 18.8. The Morgan fingerprint density at radius 1 is 1.08 bits per heavy atom. The molecule has 0 saturated carbocycles. The number of halogens is 1. The summed E-state index contributed by atoms with van der Waals surface area (Å²) in [6.45, 7) is 11.2. The summed E-state index contributed by atoms with van der Waals surface area (Å²) in [5, 5.41) is 0. The van der Waals surface area contributed by atoms with Crippen molar-refractivity contribution in [3.05, 3.63) is 29.6 Å². The summed E-state index contributed by atoms with van der Waals surface area (Å²) < 4.78 is 19.4. The van der Waals surface area contributed by atoms with E-state index in [2.05, 4.69) is 0 Å². The zero-order valence-corrected chi connectivity index (χ0v) is 15.6. The Bertz CT molecular complexity index is 645. The van der Waals surface area contributed by atoms with Gasteiger partial charge in [-0.05, 0) is 32.0 Å². The smallest absolute Gasteiger partial charge is 0.254 e. The van der Waals surface area contributed by atoms with E-state index in [4.69, 9.17) is 4.74 Å². The van der Waals surface area contributed by atoms with Gasteiger partial charge in [0.25, 0.3) is 5.91 Å². The Hall–Kier alpha value is -2.11. The number of hydrogen-bond donors (Lipinski definition) is 0. The summed E-state index contributed by atoms with van der Waals surface area (Å²) in [7, 11) is 0. The van der Waals surface area contributed by atoms with Crippen LogP contribution in [-0.4, -0.2) is 53.9 Å². The molecule has 0 bridgehead atoms. The predicted molar refractivity (Wildman–Crippen MR) is 94.1 cm³/mol. The molecule has 6 heteroatoms. The van der Waals surface area contributed by atoms with Crippen LogP contribution in [0.1, 0.15) is 45.0 Å². The lowest BCUT2D eigenvalue weighted by Gasteiger charge is -2.37. The molecule has 1 aromatic rings. The van der Waals surface area contributed by atoms with Gasteiger partial charge in [0.2, 0.25) is 5.91 Å². The van der Waals surface area contributed by atoms with Crippen LogP contribution >= 0.6 is 0 Å². The third kappa shape index (κ3) is 4.71. The van der Waals surface area contributed by atoms with E-state index >= 15 is 0 Å². The van der Waals surface area contributed by atoms with Crippen LogP contribution in [0.3, 0.4) is 0 Å². The SMILES string of the molecule is CC(C)Oc1ccc(C(=O)N2CCN(C(=O)C(C)(C)C)CC2)cc1F. The zero-order valence-electron chi connectivity index (χ0n) is 15.6. The van der Waals surface area contributed by atoms with E-state index < -0.39 is 11.2 Å². The van der Waals surface area contributed by atoms with E-state index in [1.807, 2.05) is 34.6 Å². The lowest BCUT2D eigenvalue weighted by atomic mass is 9.94. The van der Waals surface area contributed by atoms with Gasteiger partial charge in [-0.1, -0.05) is 20.8 Å². The first kappa shape index (κ1) is 19.2. The molecule has 0 radical (unpaired) electrons. The summed E-state index contributed by atoms with van der Waals surface area (Å²) in [6, 6.07) is 4.28. The van der Waals surface area contributed by atoms with E-state index in [-0.39, 0.29) is 23.7 Å². The lowest BCUT2D eigenvalue weighted by molar-refractivity contribution is -0.140. The van der Waals surface area contributed by atoms with Crippen molar-refractivity contribution in [2.24, 2.45) is 5.41 Å². The van der Waals surface area contributed by atoms with Gasteiger partial charge >= 0.3 is 0 Å². The Labute approximate surface area is 148 Å². The van der Waals surface area contributed by atoms with Crippen LogP contribution in [-0.2, 0) is 4.79 Å². The molecule has 0 N–H and O–H groups in total. The second-order valence-corrected chi connectivity index (χ2v) is 7.65. The van der Waals surface area contributed by atoms with E-state index in [1.165, 1.54) is 12.1 Å². The minimum absolute atomic E-state index is 0.0841. The van der Waals surface area contributed by atoms with Crippen LogP contribution in [0.4, 0.5) is 4.39 Å². The van der Waals surface area contributed by atoms with Crippen LogP contribution in [0, 0.1) is 11.2 Å². The first-order valence-electron chi connectivity index (χ1n) is 8.64. The molecule has 0 aliphatic carbocycles. The molecule has 0 aromatic heterocycles. The molecule has 1 aliphatic rings. The molecular formula is C19H27FN2O3. The number of amides is 2. The first-order chi connectivity index (χ1) is 11.6. The summed E-state index contributed by atoms with van der Waals surface area (Å²) in [4.78, 5) is 28.3. The minimum atomic E-state index is -0.541. The van der Waals surface area contributed by atoms with Gasteiger partial charge in [0.1, 0.15) is 0 Å². The molecule has 2 amide bonds. The van der Waals surface area contributed by atoms with Crippen molar-refractivity contribution >= 4 is 11.8 Å². The maximum Gasteiger partial charge on any atom is 0.254 e. The molecular weight excluding hydrogens is 323 g/mol. The van der Waals surface area contributed by atoms with Crippen molar-refractivity contribution in [3.8, 4) is 5.75 Å². The number of nitrogens with zero attached hydrogens (tertiary/aromatic N) is 2. The fourth-order valence-corrected chi connectivity index (χ4v) is 2.75. The number of carbonyl (C=O) groups excluding carboxylic acids is 2. The fraction of sp³-hybridized carbons (Fsp3) is 0.579. The normalized spacial score (nSPS) is 15.5. The molecule has 2 rings (SSSR count). The van der Waals surface area contributed by atoms with Gasteiger partial charge in [-0.15, -0.1) is 0 Å². The number of rotatable bonds is 3. The Kier molecular flexibility index (Phi) is 5.70. The minimum Gasteiger partial charge on any atom is -0.488 e. The topological polar surface area (TPSA) is 49.9 Å². The largest absolute Gasteiger partial charge is 0.488 e. The Morgan fingerprint density at radius 2 is 1.64 bits per heavy atom. The van der Waals surface area contributed by atoms with Crippen molar-refractivity contribution in [1.82, 2.24) is 9.80 Å². The maximum atomic E-state index is 14.1. The molecule has 1 aromatic carbocycles. The lowest BCUT2D eigenvalue weighted by Crippen LogP contribution is -2.53. The van der Waals surface area contributed by atoms with Crippen LogP contribution in [0.5, 0.6) is 5.75 Å². The molecule has 0 atom stereocenters. The monoisotopic (exact) mass is 350 g/mol. The quantitative estimate of drug-likeness (QED) is 0.842. The molecule has 5 nitrogen and oxygen atoms in total. The molecule has 138 valence electrons. The van der Waals surface area contributed by atoms with Crippen molar-refractivity contribution in [2.75, 3.05) is 26.2 Å². The number of piperazine rings is 1. The highest BCUT2D eigenvalue weighted by atomic mass is 19.1. The number of carbonyl (C=O) groups is 2. The highest BCUT2D eigenvalue weighted by Gasteiger charge is 2.31. The van der Waals surface area contributed by atoms with E-state index in [9.17, 15) is 14.0 Å². The number of ether oxygens (including phenoxy) is 1. The van der Waals surface area contributed by atoms with E-state index in [0.717, 1.165) is 0 Å². The predicted octanol–water partition coefficient (Wildman–Crippen LogP) is 2.94. The van der Waals surface area contributed by atoms with Crippen LogP contribution in [0.15, 0.2) is 18.2 Å². The van der Waals surface area contributed by atoms with E-state index in [0.29, 0.717) is 31.7 Å². The van der Waals surface area contributed by atoms with Crippen molar-refractivity contribution in [2.45, 2.75) is 40.7 Å². The molecule has 1 saturated heterocycles. The molecule has 1 fully saturated rings. The Balaban J connectivity index is 2.01. The van der Waals surface area contributed by atoms with Crippen molar-refractivity contribution in [1.29, 1.82) is 0 Å². The van der Waals surface area contributed by atoms with Gasteiger partial charge in [0, 0.05) is 37.2 Å². The number of benzene rings is 1. The van der Waals surface area contributed by atoms with Gasteiger partial charge < -0.3 is 14.5 Å². The molecule has 0 unspecified atom stereocenters. The highest BCUT2D eigenvalue weighted by Crippen LogP contribution is 2.22. The average Bonchev–Trinajstić information content (AvgIpc) is 2.54. The maximum absolute atomic E-state index is 14.1. The summed E-state index contributed by atoms with van der Waals surface area (Å²) in [5.41, 5.74) is -0.133. The third-order valence-electron chi connectivity index (χ3n) is 4.04. The summed E-state index contributed by atoms with van der Waals surface area (Å²) >= 11 is 0. The van der Waals surface area contributed by atoms with Gasteiger partial charge in [-0.25, -0.2) is 4.39 Å². The van der Waals surface area contributed by atoms with Crippen LogP contribution in [0.2, 0.25) is 0 Å². The molecule has 1 aliphatic heterocycles. The molecule has 25 heavy (non-hydrogen) atoms. The second kappa shape index (κ2) is 7.42. The number of hydrogen-bond acceptors (Lipinski definition) is 3. The van der Waals surface area contributed by atoms with Crippen LogP contribution < -0.4 is 4.74 Å². The first-order valence-corrected chi connectivity index (χ1v) is 8.64.